The molecule has 32 heavy (non-hydrogen) atoms. The highest BCUT2D eigenvalue weighted by molar-refractivity contribution is 7.92. The van der Waals surface area contributed by atoms with Crippen LogP contribution in [0.5, 0.6) is 0 Å². The number of hydrogen-bond acceptors (Lipinski definition) is 4. The van der Waals surface area contributed by atoms with E-state index < -0.39 is 27.2 Å². The van der Waals surface area contributed by atoms with Crippen molar-refractivity contribution in [3.05, 3.63) is 83.7 Å². The lowest BCUT2D eigenvalue weighted by Crippen LogP contribution is -2.31. The number of nitrogens with zero attached hydrogens (tertiary/aromatic N) is 1. The molecule has 1 aromatic heterocycles. The summed E-state index contributed by atoms with van der Waals surface area (Å²) >= 11 is 0. The number of fused-ring (bicyclic) bond motifs is 1. The molecule has 0 radical (unpaired) electrons. The third-order valence-electron chi connectivity index (χ3n) is 5.61. The van der Waals surface area contributed by atoms with Gasteiger partial charge in [-0.05, 0) is 65.4 Å². The summed E-state index contributed by atoms with van der Waals surface area (Å²) in [7, 11) is -3.79. The van der Waals surface area contributed by atoms with Crippen LogP contribution in [0.25, 0.3) is 0 Å². The van der Waals surface area contributed by atoms with Crippen molar-refractivity contribution in [3.8, 4) is 0 Å². The number of anilines is 2. The van der Waals surface area contributed by atoms with Crippen LogP contribution in [-0.2, 0) is 21.6 Å². The molecule has 2 heterocycles. The van der Waals surface area contributed by atoms with E-state index in [2.05, 4.69) is 15.0 Å². The fourth-order valence-electron chi connectivity index (χ4n) is 4.01. The van der Waals surface area contributed by atoms with Crippen molar-refractivity contribution >= 4 is 21.4 Å². The van der Waals surface area contributed by atoms with Crippen molar-refractivity contribution in [1.82, 2.24) is 4.98 Å². The molecule has 1 aliphatic heterocycles. The molecule has 0 saturated heterocycles. The van der Waals surface area contributed by atoms with Gasteiger partial charge in [-0.1, -0.05) is 26.0 Å². The predicted molar refractivity (Wildman–Crippen MR) is 117 cm³/mol. The van der Waals surface area contributed by atoms with Crippen molar-refractivity contribution in [2.24, 2.45) is 0 Å². The van der Waals surface area contributed by atoms with E-state index in [9.17, 15) is 21.6 Å². The minimum absolute atomic E-state index is 0.0525. The van der Waals surface area contributed by atoms with Gasteiger partial charge in [-0.25, -0.2) is 8.42 Å². The summed E-state index contributed by atoms with van der Waals surface area (Å²) in [5.41, 5.74) is 1.28. The maximum atomic E-state index is 13.2. The molecule has 0 aliphatic carbocycles. The lowest BCUT2D eigenvalue weighted by Gasteiger charge is -2.39. The largest absolute Gasteiger partial charge is 0.416 e. The number of pyridine rings is 1. The van der Waals surface area contributed by atoms with Crippen LogP contribution in [0.3, 0.4) is 0 Å². The van der Waals surface area contributed by atoms with Crippen LogP contribution < -0.4 is 10.0 Å². The number of benzene rings is 2. The van der Waals surface area contributed by atoms with Crippen molar-refractivity contribution in [1.29, 1.82) is 0 Å². The number of rotatable bonds is 4. The highest BCUT2D eigenvalue weighted by atomic mass is 32.2. The molecule has 0 fully saturated rings. The Balaban J connectivity index is 1.62. The average Bonchev–Trinajstić information content (AvgIpc) is 2.73. The zero-order valence-corrected chi connectivity index (χ0v) is 18.3. The van der Waals surface area contributed by atoms with Gasteiger partial charge in [0.15, 0.2) is 0 Å². The number of sulfonamides is 1. The molecule has 2 aromatic carbocycles. The summed E-state index contributed by atoms with van der Waals surface area (Å²) in [5, 5.41) is 3.31. The Hall–Kier alpha value is -3.07. The Bertz CT molecular complexity index is 1240. The summed E-state index contributed by atoms with van der Waals surface area (Å²) in [4.78, 5) is 3.90. The Morgan fingerprint density at radius 2 is 1.88 bits per heavy atom. The molecule has 3 aromatic rings. The number of nitrogens with one attached hydrogen (secondary N) is 2. The molecule has 0 spiro atoms. The van der Waals surface area contributed by atoms with Gasteiger partial charge in [0.25, 0.3) is 10.0 Å². The van der Waals surface area contributed by atoms with Gasteiger partial charge in [-0.3, -0.25) is 9.71 Å². The standard InChI is InChI=1S/C23H22F3N3O2S/c1-22(2)13-21(28-20-9-8-16(12-19(20)22)23(24,25)26)15-5-3-6-17(11-15)29-32(30,31)18-7-4-10-27-14-18/h3-12,14,21,28-29H,13H2,1-2H3. The molecule has 4 rings (SSSR count). The number of hydrogen-bond donors (Lipinski definition) is 2. The van der Waals surface area contributed by atoms with E-state index in [-0.39, 0.29) is 10.9 Å². The SMILES string of the molecule is CC1(C)CC(c2cccc(NS(=O)(=O)c3cccnc3)c2)Nc2ccc(C(F)(F)F)cc21. The summed E-state index contributed by atoms with van der Waals surface area (Å²) < 4.78 is 67.3. The molecule has 0 saturated carbocycles. The van der Waals surface area contributed by atoms with Crippen molar-refractivity contribution < 1.29 is 21.6 Å². The highest BCUT2D eigenvalue weighted by Crippen LogP contribution is 2.46. The van der Waals surface area contributed by atoms with Gasteiger partial charge in [-0.2, -0.15) is 13.2 Å². The van der Waals surface area contributed by atoms with Crippen LogP contribution in [0.1, 0.15) is 43.0 Å². The monoisotopic (exact) mass is 461 g/mol. The second-order valence-electron chi connectivity index (χ2n) is 8.46. The predicted octanol–water partition coefficient (Wildman–Crippen LogP) is 5.74. The van der Waals surface area contributed by atoms with Crippen molar-refractivity contribution in [2.75, 3.05) is 10.0 Å². The van der Waals surface area contributed by atoms with Crippen LogP contribution >= 0.6 is 0 Å². The van der Waals surface area contributed by atoms with E-state index in [0.29, 0.717) is 23.4 Å². The van der Waals surface area contributed by atoms with Gasteiger partial charge >= 0.3 is 6.18 Å². The van der Waals surface area contributed by atoms with E-state index in [1.54, 1.807) is 24.3 Å². The Labute approximate surface area is 184 Å². The summed E-state index contributed by atoms with van der Waals surface area (Å²) in [6.07, 6.45) is -1.10. The third kappa shape index (κ3) is 4.43. The molecular weight excluding hydrogens is 439 g/mol. The summed E-state index contributed by atoms with van der Waals surface area (Å²) in [5.74, 6) is 0. The van der Waals surface area contributed by atoms with Crippen LogP contribution in [-0.4, -0.2) is 13.4 Å². The normalized spacial score (nSPS) is 17.8. The first kappa shape index (κ1) is 22.1. The number of aromatic nitrogens is 1. The maximum absolute atomic E-state index is 13.2. The lowest BCUT2D eigenvalue weighted by atomic mass is 9.73. The molecule has 9 heteroatoms. The number of alkyl halides is 3. The first-order valence-corrected chi connectivity index (χ1v) is 11.5. The first-order valence-electron chi connectivity index (χ1n) is 9.97. The van der Waals surface area contributed by atoms with Gasteiger partial charge in [0.2, 0.25) is 0 Å². The average molecular weight is 462 g/mol. The maximum Gasteiger partial charge on any atom is 0.416 e. The molecule has 0 amide bonds. The molecule has 1 unspecified atom stereocenters. The lowest BCUT2D eigenvalue weighted by molar-refractivity contribution is -0.137. The topological polar surface area (TPSA) is 71.1 Å². The van der Waals surface area contributed by atoms with Crippen LogP contribution in [0, 0.1) is 0 Å². The van der Waals surface area contributed by atoms with Gasteiger partial charge in [0.05, 0.1) is 11.6 Å². The Kier molecular flexibility index (Phi) is 5.40. The molecule has 1 atom stereocenters. The van der Waals surface area contributed by atoms with Crippen molar-refractivity contribution in [2.45, 2.75) is 42.8 Å². The minimum Gasteiger partial charge on any atom is -0.378 e. The first-order chi connectivity index (χ1) is 15.0. The van der Waals surface area contributed by atoms with Gasteiger partial charge in [0.1, 0.15) is 4.90 Å². The van der Waals surface area contributed by atoms with E-state index in [1.165, 1.54) is 30.6 Å². The van der Waals surface area contributed by atoms with Crippen LogP contribution in [0.2, 0.25) is 0 Å². The fourth-order valence-corrected chi connectivity index (χ4v) is 5.02. The van der Waals surface area contributed by atoms with E-state index >= 15 is 0 Å². The van der Waals surface area contributed by atoms with Crippen molar-refractivity contribution in [3.63, 3.8) is 0 Å². The molecule has 5 nitrogen and oxygen atoms in total. The smallest absolute Gasteiger partial charge is 0.378 e. The molecular formula is C23H22F3N3O2S. The Morgan fingerprint density at radius 1 is 1.09 bits per heavy atom. The molecule has 1 aliphatic rings. The number of halogens is 3. The van der Waals surface area contributed by atoms with Crippen LogP contribution in [0.15, 0.2) is 71.9 Å². The van der Waals surface area contributed by atoms with E-state index in [1.807, 2.05) is 19.9 Å². The second-order valence-corrected chi connectivity index (χ2v) is 10.1. The van der Waals surface area contributed by atoms with E-state index in [4.69, 9.17) is 0 Å². The van der Waals surface area contributed by atoms with E-state index in [0.717, 1.165) is 11.6 Å². The highest BCUT2D eigenvalue weighted by Gasteiger charge is 2.37. The Morgan fingerprint density at radius 3 is 2.56 bits per heavy atom. The zero-order chi connectivity index (χ0) is 23.1. The van der Waals surface area contributed by atoms with Gasteiger partial charge in [0, 0.05) is 23.8 Å². The molecule has 168 valence electrons. The quantitative estimate of drug-likeness (QED) is 0.520. The fraction of sp³-hybridized carbons (Fsp3) is 0.261. The zero-order valence-electron chi connectivity index (χ0n) is 17.4. The minimum atomic E-state index is -4.40. The van der Waals surface area contributed by atoms with Gasteiger partial charge in [-0.15, -0.1) is 0 Å². The summed E-state index contributed by atoms with van der Waals surface area (Å²) in [6.45, 7) is 3.82. The summed E-state index contributed by atoms with van der Waals surface area (Å²) in [6, 6.07) is 13.5. The second kappa shape index (κ2) is 7.81. The van der Waals surface area contributed by atoms with Gasteiger partial charge < -0.3 is 5.32 Å². The molecule has 0 bridgehead atoms. The third-order valence-corrected chi connectivity index (χ3v) is 6.97. The molecule has 2 N–H and O–H groups in total. The van der Waals surface area contributed by atoms with Crippen LogP contribution in [0.4, 0.5) is 24.5 Å².